The molecule has 0 saturated carbocycles. The van der Waals surface area contributed by atoms with Crippen molar-refractivity contribution in [2.45, 2.75) is 65.4 Å². The Hall–Kier alpha value is -2.14. The Morgan fingerprint density at radius 1 is 0.931 bits per heavy atom. The van der Waals surface area contributed by atoms with Gasteiger partial charge in [0.15, 0.2) is 11.5 Å². The molecule has 2 aromatic carbocycles. The van der Waals surface area contributed by atoms with Crippen LogP contribution in [0.25, 0.3) is 10.8 Å². The molecule has 29 heavy (non-hydrogen) atoms. The van der Waals surface area contributed by atoms with Crippen LogP contribution in [0.1, 0.15) is 59.3 Å². The Morgan fingerprint density at radius 3 is 2.21 bits per heavy atom. The van der Waals surface area contributed by atoms with E-state index in [1.54, 1.807) is 12.1 Å². The number of benzene rings is 2. The van der Waals surface area contributed by atoms with Gasteiger partial charge in [-0.25, -0.2) is 0 Å². The predicted octanol–water partition coefficient (Wildman–Crippen LogP) is 6.56. The fourth-order valence-corrected chi connectivity index (χ4v) is 3.39. The second kappa shape index (κ2) is 11.1. The van der Waals surface area contributed by atoms with Crippen LogP contribution in [-0.4, -0.2) is 26.3 Å². The van der Waals surface area contributed by atoms with Gasteiger partial charge in [-0.15, -0.1) is 0 Å². The summed E-state index contributed by atoms with van der Waals surface area (Å²) in [5.74, 6) is 1.24. The van der Waals surface area contributed by atoms with E-state index in [1.165, 1.54) is 27.1 Å². The van der Waals surface area contributed by atoms with E-state index in [2.05, 4.69) is 6.92 Å². The van der Waals surface area contributed by atoms with Gasteiger partial charge >= 0.3 is 5.97 Å². The van der Waals surface area contributed by atoms with Crippen molar-refractivity contribution in [3.05, 3.63) is 23.2 Å². The largest absolute Gasteiger partial charge is 0.490 e. The predicted molar refractivity (Wildman–Crippen MR) is 117 cm³/mol. The fourth-order valence-electron chi connectivity index (χ4n) is 3.22. The van der Waals surface area contributed by atoms with Crippen molar-refractivity contribution >= 4 is 28.3 Å². The van der Waals surface area contributed by atoms with Crippen molar-refractivity contribution in [1.82, 2.24) is 0 Å². The topological polar surface area (TPSA) is 54.0 Å². The molecule has 0 radical (unpaired) electrons. The first kappa shape index (κ1) is 23.1. The van der Waals surface area contributed by atoms with E-state index in [4.69, 9.17) is 30.5 Å². The van der Waals surface area contributed by atoms with Crippen LogP contribution >= 0.6 is 11.6 Å². The molecule has 0 heterocycles. The van der Waals surface area contributed by atoms with E-state index in [0.29, 0.717) is 39.8 Å². The Balaban J connectivity index is 2.45. The molecule has 0 amide bonds. The summed E-state index contributed by atoms with van der Waals surface area (Å²) in [6.45, 7) is 6.02. The second-order valence-corrected chi connectivity index (χ2v) is 7.66. The summed E-state index contributed by atoms with van der Waals surface area (Å²) in [5.41, 5.74) is 0. The highest BCUT2D eigenvalue weighted by Gasteiger charge is 2.26. The highest BCUT2D eigenvalue weighted by molar-refractivity contribution is 6.31. The van der Waals surface area contributed by atoms with Crippen molar-refractivity contribution in [3.63, 3.8) is 0 Å². The number of unbranched alkanes of at least 4 members (excludes halogenated alkanes) is 4. The number of hydrogen-bond acceptors (Lipinski definition) is 5. The van der Waals surface area contributed by atoms with Crippen LogP contribution < -0.4 is 18.9 Å². The summed E-state index contributed by atoms with van der Waals surface area (Å²) >= 11 is 6.23. The highest BCUT2D eigenvalue weighted by atomic mass is 35.5. The lowest BCUT2D eigenvalue weighted by Gasteiger charge is -2.21. The third kappa shape index (κ3) is 5.92. The van der Waals surface area contributed by atoms with Crippen LogP contribution in [0.5, 0.6) is 23.0 Å². The average molecular weight is 423 g/mol. The molecule has 0 aliphatic heterocycles. The minimum Gasteiger partial charge on any atom is -0.490 e. The Kier molecular flexibility index (Phi) is 8.90. The number of fused-ring (bicyclic) bond motifs is 1. The molecule has 0 aliphatic rings. The molecule has 0 unspecified atom stereocenters. The van der Waals surface area contributed by atoms with Crippen LogP contribution in [0, 0.1) is 0 Å². The molecule has 0 saturated heterocycles. The molecular formula is C23H31ClO5. The third-order valence-electron chi connectivity index (χ3n) is 4.55. The zero-order valence-corrected chi connectivity index (χ0v) is 18.7. The van der Waals surface area contributed by atoms with Gasteiger partial charge in [-0.3, -0.25) is 4.79 Å². The van der Waals surface area contributed by atoms with Gasteiger partial charge in [-0.1, -0.05) is 44.2 Å². The summed E-state index contributed by atoms with van der Waals surface area (Å²) in [7, 11) is 3.04. The van der Waals surface area contributed by atoms with Crippen LogP contribution in [0.15, 0.2) is 18.2 Å². The molecule has 2 rings (SSSR count). The summed E-state index contributed by atoms with van der Waals surface area (Å²) in [5, 5.41) is 1.91. The van der Waals surface area contributed by atoms with E-state index in [9.17, 15) is 4.79 Å². The monoisotopic (exact) mass is 422 g/mol. The second-order valence-electron chi connectivity index (χ2n) is 7.22. The minimum absolute atomic E-state index is 0.0796. The molecule has 0 N–H and O–H groups in total. The summed E-state index contributed by atoms with van der Waals surface area (Å²) in [6.07, 6.45) is 5.55. The molecule has 5 nitrogen and oxygen atoms in total. The standard InChI is InChI=1S/C23H31ClO5/c1-6-7-8-9-10-11-19(25)29-21-18-14-16(24)12-13-17(18)20(28-15(2)3)22(26-4)23(21)27-5/h12-15H,6-11H2,1-5H3. The molecule has 0 fully saturated rings. The third-order valence-corrected chi connectivity index (χ3v) is 4.79. The minimum atomic E-state index is -0.305. The lowest BCUT2D eigenvalue weighted by atomic mass is 10.1. The van der Waals surface area contributed by atoms with E-state index in [1.807, 2.05) is 19.9 Å². The SMILES string of the molecule is CCCCCCCC(=O)Oc1c(OC)c(OC)c(OC(C)C)c2ccc(Cl)cc12. The lowest BCUT2D eigenvalue weighted by Crippen LogP contribution is -2.11. The maximum atomic E-state index is 12.5. The number of rotatable bonds is 11. The first-order valence-electron chi connectivity index (χ1n) is 10.2. The zero-order valence-electron chi connectivity index (χ0n) is 18.0. The molecule has 0 bridgehead atoms. The van der Waals surface area contributed by atoms with Gasteiger partial charge in [0.1, 0.15) is 0 Å². The molecule has 6 heteroatoms. The zero-order chi connectivity index (χ0) is 21.4. The number of methoxy groups -OCH3 is 2. The summed E-state index contributed by atoms with van der Waals surface area (Å²) in [6, 6.07) is 5.34. The van der Waals surface area contributed by atoms with E-state index in [0.717, 1.165) is 24.6 Å². The Bertz CT molecular complexity index is 832. The Morgan fingerprint density at radius 2 is 1.59 bits per heavy atom. The van der Waals surface area contributed by atoms with Gasteiger partial charge in [-0.2, -0.15) is 0 Å². The Labute approximate surface area is 178 Å². The molecular weight excluding hydrogens is 392 g/mol. The normalized spacial score (nSPS) is 11.0. The van der Waals surface area contributed by atoms with E-state index in [-0.39, 0.29) is 12.1 Å². The quantitative estimate of drug-likeness (QED) is 0.233. The molecule has 0 aromatic heterocycles. The molecule has 160 valence electrons. The highest BCUT2D eigenvalue weighted by Crippen LogP contribution is 2.51. The van der Waals surface area contributed by atoms with Gasteiger partial charge in [0.2, 0.25) is 11.5 Å². The van der Waals surface area contributed by atoms with Crippen molar-refractivity contribution < 1.29 is 23.7 Å². The van der Waals surface area contributed by atoms with Crippen LogP contribution in [0.4, 0.5) is 0 Å². The molecule has 0 spiro atoms. The van der Waals surface area contributed by atoms with Gasteiger partial charge < -0.3 is 18.9 Å². The smallest absolute Gasteiger partial charge is 0.311 e. The van der Waals surface area contributed by atoms with E-state index >= 15 is 0 Å². The molecule has 0 atom stereocenters. The van der Waals surface area contributed by atoms with Gasteiger partial charge in [-0.05, 0) is 38.5 Å². The maximum absolute atomic E-state index is 12.5. The summed E-state index contributed by atoms with van der Waals surface area (Å²) < 4.78 is 22.9. The molecule has 0 aliphatic carbocycles. The van der Waals surface area contributed by atoms with Gasteiger partial charge in [0, 0.05) is 22.2 Å². The number of ether oxygens (including phenoxy) is 4. The van der Waals surface area contributed by atoms with Crippen LogP contribution in [0.3, 0.4) is 0 Å². The summed E-state index contributed by atoms with van der Waals surface area (Å²) in [4.78, 5) is 12.5. The van der Waals surface area contributed by atoms with Gasteiger partial charge in [0.05, 0.1) is 20.3 Å². The number of carbonyl (C=O) groups excluding carboxylic acids is 1. The number of esters is 1. The van der Waals surface area contributed by atoms with Crippen molar-refractivity contribution in [1.29, 1.82) is 0 Å². The van der Waals surface area contributed by atoms with Gasteiger partial charge in [0.25, 0.3) is 0 Å². The van der Waals surface area contributed by atoms with Crippen LogP contribution in [0.2, 0.25) is 5.02 Å². The fraction of sp³-hybridized carbons (Fsp3) is 0.522. The first-order chi connectivity index (χ1) is 13.9. The number of hydrogen-bond donors (Lipinski definition) is 0. The lowest BCUT2D eigenvalue weighted by molar-refractivity contribution is -0.134. The van der Waals surface area contributed by atoms with Crippen molar-refractivity contribution in [3.8, 4) is 23.0 Å². The number of carbonyl (C=O) groups is 1. The maximum Gasteiger partial charge on any atom is 0.311 e. The first-order valence-corrected chi connectivity index (χ1v) is 10.5. The van der Waals surface area contributed by atoms with Crippen molar-refractivity contribution in [2.75, 3.05) is 14.2 Å². The number of halogens is 1. The van der Waals surface area contributed by atoms with Crippen LogP contribution in [-0.2, 0) is 4.79 Å². The van der Waals surface area contributed by atoms with Crippen molar-refractivity contribution in [2.24, 2.45) is 0 Å². The molecule has 2 aromatic rings. The van der Waals surface area contributed by atoms with E-state index < -0.39 is 0 Å². The average Bonchev–Trinajstić information content (AvgIpc) is 2.68.